The van der Waals surface area contributed by atoms with E-state index in [0.717, 1.165) is 15.4 Å². The summed E-state index contributed by atoms with van der Waals surface area (Å²) in [6.45, 7) is 3.70. The Hall–Kier alpha value is -1.79. The van der Waals surface area contributed by atoms with E-state index in [1.54, 1.807) is 0 Å². The van der Waals surface area contributed by atoms with Crippen LogP contribution in [0, 0.1) is 0 Å². The number of hydrogen-bond acceptors (Lipinski definition) is 4. The van der Waals surface area contributed by atoms with Crippen LogP contribution < -0.4 is 16.0 Å². The summed E-state index contributed by atoms with van der Waals surface area (Å²) in [6.07, 6.45) is 0.941. The Morgan fingerprint density at radius 3 is 2.48 bits per heavy atom. The van der Waals surface area contributed by atoms with Crippen molar-refractivity contribution >= 4 is 23.2 Å². The first-order chi connectivity index (χ1) is 9.81. The first-order valence-electron chi connectivity index (χ1n) is 6.12. The molecule has 0 spiro atoms. The number of rotatable bonds is 3. The van der Waals surface area contributed by atoms with Crippen molar-refractivity contribution in [1.29, 1.82) is 0 Å². The summed E-state index contributed by atoms with van der Waals surface area (Å²) in [5, 5.41) is 4.36. The molecule has 2 rings (SSSR count). The molecule has 0 fully saturated rings. The molecule has 0 saturated carbocycles. The van der Waals surface area contributed by atoms with Gasteiger partial charge in [-0.05, 0) is 19.9 Å². The molecule has 1 aromatic heterocycles. The largest absolute Gasteiger partial charge is 0.489 e. The lowest BCUT2D eigenvalue weighted by atomic mass is 10.3. The molecule has 0 N–H and O–H groups in total. The lowest BCUT2D eigenvalue weighted by Crippen LogP contribution is -2.38. The molecule has 0 unspecified atom stereocenters. The van der Waals surface area contributed by atoms with E-state index < -0.39 is 11.2 Å². The van der Waals surface area contributed by atoms with Crippen molar-refractivity contribution in [2.45, 2.75) is 20.0 Å². The fourth-order valence-corrected chi connectivity index (χ4v) is 2.18. The zero-order valence-electron chi connectivity index (χ0n) is 11.6. The number of benzene rings is 1. The number of ether oxygens (including phenoxy) is 1. The van der Waals surface area contributed by atoms with Crippen LogP contribution in [0.5, 0.6) is 5.75 Å². The fourth-order valence-electron chi connectivity index (χ4n) is 1.67. The third kappa shape index (κ3) is 3.11. The maximum Gasteiger partial charge on any atom is 0.351 e. The summed E-state index contributed by atoms with van der Waals surface area (Å²) in [5.41, 5.74) is -0.820. The van der Waals surface area contributed by atoms with E-state index in [1.807, 2.05) is 13.8 Å². The highest BCUT2D eigenvalue weighted by atomic mass is 35.5. The minimum Gasteiger partial charge on any atom is -0.489 e. The van der Waals surface area contributed by atoms with Crippen LogP contribution in [0.4, 0.5) is 0 Å². The molecule has 0 bridgehead atoms. The summed E-state index contributed by atoms with van der Waals surface area (Å²) in [7, 11) is 1.36. The van der Waals surface area contributed by atoms with Crippen LogP contribution in [0.15, 0.2) is 27.9 Å². The van der Waals surface area contributed by atoms with Crippen LogP contribution in [0.2, 0.25) is 10.0 Å². The molecule has 0 radical (unpaired) electrons. The van der Waals surface area contributed by atoms with Crippen molar-refractivity contribution in [2.24, 2.45) is 7.05 Å². The van der Waals surface area contributed by atoms with E-state index in [1.165, 1.54) is 19.2 Å². The van der Waals surface area contributed by atoms with Crippen LogP contribution in [0.1, 0.15) is 13.8 Å². The highest BCUT2D eigenvalue weighted by Crippen LogP contribution is 2.32. The van der Waals surface area contributed by atoms with Crippen molar-refractivity contribution < 1.29 is 4.74 Å². The molecular weight excluding hydrogens is 317 g/mol. The van der Waals surface area contributed by atoms with Gasteiger partial charge in [-0.1, -0.05) is 23.2 Å². The van der Waals surface area contributed by atoms with Crippen LogP contribution in [0.25, 0.3) is 5.69 Å². The van der Waals surface area contributed by atoms with Gasteiger partial charge in [0.25, 0.3) is 5.56 Å². The van der Waals surface area contributed by atoms with E-state index >= 15 is 0 Å². The first kappa shape index (κ1) is 15.6. The SMILES string of the molecule is CC(C)Oc1cc(-n2ncc(=O)n(C)c2=O)c(Cl)cc1Cl. The van der Waals surface area contributed by atoms with Crippen molar-refractivity contribution in [3.8, 4) is 11.4 Å². The van der Waals surface area contributed by atoms with Crippen molar-refractivity contribution in [3.63, 3.8) is 0 Å². The molecule has 0 atom stereocenters. The lowest BCUT2D eigenvalue weighted by Gasteiger charge is -2.14. The van der Waals surface area contributed by atoms with Gasteiger partial charge in [0, 0.05) is 13.1 Å². The van der Waals surface area contributed by atoms with Crippen LogP contribution in [-0.4, -0.2) is 20.5 Å². The van der Waals surface area contributed by atoms with E-state index in [0.29, 0.717) is 10.8 Å². The topological polar surface area (TPSA) is 66.1 Å². The van der Waals surface area contributed by atoms with Crippen LogP contribution in [-0.2, 0) is 7.05 Å². The number of nitrogens with zero attached hydrogens (tertiary/aromatic N) is 3. The molecule has 0 aliphatic heterocycles. The zero-order chi connectivity index (χ0) is 15.7. The van der Waals surface area contributed by atoms with Gasteiger partial charge in [-0.3, -0.25) is 9.36 Å². The summed E-state index contributed by atoms with van der Waals surface area (Å²) < 4.78 is 7.51. The van der Waals surface area contributed by atoms with E-state index in [9.17, 15) is 9.59 Å². The average molecular weight is 330 g/mol. The predicted molar refractivity (Wildman–Crippen MR) is 80.9 cm³/mol. The highest BCUT2D eigenvalue weighted by Gasteiger charge is 2.14. The van der Waals surface area contributed by atoms with Gasteiger partial charge in [-0.25, -0.2) is 4.79 Å². The second-order valence-electron chi connectivity index (χ2n) is 4.64. The second kappa shape index (κ2) is 5.91. The van der Waals surface area contributed by atoms with Gasteiger partial charge >= 0.3 is 5.69 Å². The lowest BCUT2D eigenvalue weighted by molar-refractivity contribution is 0.242. The Labute approximate surface area is 130 Å². The summed E-state index contributed by atoms with van der Waals surface area (Å²) in [5.74, 6) is 0.383. The van der Waals surface area contributed by atoms with Gasteiger partial charge in [0.2, 0.25) is 0 Å². The maximum absolute atomic E-state index is 12.1. The minimum absolute atomic E-state index is 0.0960. The summed E-state index contributed by atoms with van der Waals surface area (Å²) in [6, 6.07) is 2.99. The molecule has 0 aliphatic rings. The number of hydrogen-bond donors (Lipinski definition) is 0. The molecular formula is C13H13Cl2N3O3. The van der Waals surface area contributed by atoms with Gasteiger partial charge in [-0.15, -0.1) is 0 Å². The van der Waals surface area contributed by atoms with E-state index in [-0.39, 0.29) is 16.8 Å². The minimum atomic E-state index is -0.609. The van der Waals surface area contributed by atoms with Crippen molar-refractivity contribution in [2.75, 3.05) is 0 Å². The predicted octanol–water partition coefficient (Wildman–Crippen LogP) is 2.03. The average Bonchev–Trinajstić information content (AvgIpc) is 2.40. The molecule has 1 aromatic carbocycles. The van der Waals surface area contributed by atoms with Crippen molar-refractivity contribution in [3.05, 3.63) is 49.2 Å². The van der Waals surface area contributed by atoms with Gasteiger partial charge in [0.15, 0.2) is 0 Å². The Morgan fingerprint density at radius 1 is 1.19 bits per heavy atom. The normalized spacial score (nSPS) is 11.0. The molecule has 2 aromatic rings. The summed E-state index contributed by atoms with van der Waals surface area (Å²) in [4.78, 5) is 23.5. The number of halogens is 2. The zero-order valence-corrected chi connectivity index (χ0v) is 13.1. The van der Waals surface area contributed by atoms with E-state index in [2.05, 4.69) is 5.10 Å². The summed E-state index contributed by atoms with van der Waals surface area (Å²) >= 11 is 12.2. The monoisotopic (exact) mass is 329 g/mol. The smallest absolute Gasteiger partial charge is 0.351 e. The molecule has 0 aliphatic carbocycles. The molecule has 21 heavy (non-hydrogen) atoms. The van der Waals surface area contributed by atoms with Gasteiger partial charge in [0.1, 0.15) is 11.9 Å². The highest BCUT2D eigenvalue weighted by molar-refractivity contribution is 6.36. The molecule has 0 amide bonds. The van der Waals surface area contributed by atoms with Crippen molar-refractivity contribution in [1.82, 2.24) is 14.3 Å². The van der Waals surface area contributed by atoms with Gasteiger partial charge in [0.05, 0.1) is 21.8 Å². The maximum atomic E-state index is 12.1. The van der Waals surface area contributed by atoms with Gasteiger partial charge < -0.3 is 4.74 Å². The molecule has 6 nitrogen and oxygen atoms in total. The molecule has 1 heterocycles. The molecule has 8 heteroatoms. The standard InChI is InChI=1S/C13H13Cl2N3O3/c1-7(2)21-11-5-10(8(14)4-9(11)15)18-13(20)17(3)12(19)6-16-18/h4-7H,1-3H3. The quantitative estimate of drug-likeness (QED) is 0.864. The Bertz CT molecular complexity index is 796. The van der Waals surface area contributed by atoms with Crippen LogP contribution >= 0.6 is 23.2 Å². The fraction of sp³-hybridized carbons (Fsp3) is 0.308. The molecule has 112 valence electrons. The molecule has 0 saturated heterocycles. The Kier molecular flexibility index (Phi) is 4.39. The third-order valence-electron chi connectivity index (χ3n) is 2.67. The van der Waals surface area contributed by atoms with E-state index in [4.69, 9.17) is 27.9 Å². The van der Waals surface area contributed by atoms with Gasteiger partial charge in [-0.2, -0.15) is 9.78 Å². The number of aromatic nitrogens is 3. The Morgan fingerprint density at radius 2 is 1.86 bits per heavy atom. The first-order valence-corrected chi connectivity index (χ1v) is 6.88. The Balaban J connectivity index is 2.67. The van der Waals surface area contributed by atoms with Crippen LogP contribution in [0.3, 0.4) is 0 Å². The second-order valence-corrected chi connectivity index (χ2v) is 5.45. The third-order valence-corrected chi connectivity index (χ3v) is 3.27.